The highest BCUT2D eigenvalue weighted by molar-refractivity contribution is 9.10. The Morgan fingerprint density at radius 2 is 2.00 bits per heavy atom. The highest BCUT2D eigenvalue weighted by Gasteiger charge is 2.42. The third-order valence-corrected chi connectivity index (χ3v) is 6.63. The number of benzene rings is 2. The molecule has 2 aromatic carbocycles. The monoisotopic (exact) mass is 516 g/mol. The number of nitrogens with one attached hydrogen (secondary N) is 1. The van der Waals surface area contributed by atoms with Crippen LogP contribution in [0.15, 0.2) is 52.7 Å². The lowest BCUT2D eigenvalue weighted by Gasteiger charge is -2.44. The van der Waals surface area contributed by atoms with E-state index in [1.807, 2.05) is 18.2 Å². The zero-order valence-corrected chi connectivity index (χ0v) is 19.9. The van der Waals surface area contributed by atoms with Gasteiger partial charge in [-0.05, 0) is 76.7 Å². The van der Waals surface area contributed by atoms with Gasteiger partial charge in [0.25, 0.3) is 5.91 Å². The summed E-state index contributed by atoms with van der Waals surface area (Å²) in [5, 5.41) is 2.83. The first-order valence-electron chi connectivity index (χ1n) is 11.0. The van der Waals surface area contributed by atoms with Crippen molar-refractivity contribution in [2.75, 3.05) is 13.7 Å². The minimum Gasteiger partial charge on any atom is -0.496 e. The average Bonchev–Trinajstić information content (AvgIpc) is 2.81. The number of carbonyl (C=O) groups excluding carboxylic acids is 2. The van der Waals surface area contributed by atoms with Crippen molar-refractivity contribution in [1.29, 1.82) is 0 Å². The fourth-order valence-electron chi connectivity index (χ4n) is 4.30. The summed E-state index contributed by atoms with van der Waals surface area (Å²) in [5.41, 5.74) is 1.58. The molecular formula is C25H26BrFN2O4. The van der Waals surface area contributed by atoms with E-state index in [-0.39, 0.29) is 48.6 Å². The molecule has 1 aliphatic heterocycles. The summed E-state index contributed by atoms with van der Waals surface area (Å²) in [5.74, 6) is 0.0596. The van der Waals surface area contributed by atoms with Gasteiger partial charge in [0.1, 0.15) is 24.2 Å². The SMILES string of the molecule is COc1ccc(/C=C2\OC3CCCCC3N(CC(=O)NCc3ccc(F)cc3)C2=O)cc1Br. The second kappa shape index (κ2) is 10.4. The van der Waals surface area contributed by atoms with Crippen LogP contribution in [0.3, 0.4) is 0 Å². The summed E-state index contributed by atoms with van der Waals surface area (Å²) in [6, 6.07) is 11.4. The molecule has 0 bridgehead atoms. The van der Waals surface area contributed by atoms with E-state index >= 15 is 0 Å². The van der Waals surface area contributed by atoms with Gasteiger partial charge in [-0.1, -0.05) is 24.6 Å². The van der Waals surface area contributed by atoms with E-state index in [4.69, 9.17) is 9.47 Å². The molecule has 6 nitrogen and oxygen atoms in total. The maximum absolute atomic E-state index is 13.3. The Balaban J connectivity index is 1.50. The van der Waals surface area contributed by atoms with Crippen LogP contribution < -0.4 is 10.1 Å². The zero-order chi connectivity index (χ0) is 23.4. The number of amides is 2. The highest BCUT2D eigenvalue weighted by atomic mass is 79.9. The number of nitrogens with zero attached hydrogens (tertiary/aromatic N) is 1. The van der Waals surface area contributed by atoms with E-state index < -0.39 is 0 Å². The molecule has 2 fully saturated rings. The molecule has 4 rings (SSSR count). The van der Waals surface area contributed by atoms with Crippen LogP contribution in [0.4, 0.5) is 4.39 Å². The predicted molar refractivity (Wildman–Crippen MR) is 126 cm³/mol. The Hall–Kier alpha value is -2.87. The second-order valence-corrected chi connectivity index (χ2v) is 9.10. The van der Waals surface area contributed by atoms with Crippen LogP contribution >= 0.6 is 15.9 Å². The van der Waals surface area contributed by atoms with Gasteiger partial charge in [-0.25, -0.2) is 4.39 Å². The molecule has 174 valence electrons. The van der Waals surface area contributed by atoms with Gasteiger partial charge in [0.2, 0.25) is 5.91 Å². The number of hydrogen-bond acceptors (Lipinski definition) is 4. The number of hydrogen-bond donors (Lipinski definition) is 1. The number of methoxy groups -OCH3 is 1. The van der Waals surface area contributed by atoms with Crippen molar-refractivity contribution >= 4 is 33.8 Å². The van der Waals surface area contributed by atoms with Gasteiger partial charge in [0.05, 0.1) is 17.6 Å². The summed E-state index contributed by atoms with van der Waals surface area (Å²) in [4.78, 5) is 27.6. The lowest BCUT2D eigenvalue weighted by Crippen LogP contribution is -2.57. The van der Waals surface area contributed by atoms with E-state index in [1.54, 1.807) is 30.2 Å². The summed E-state index contributed by atoms with van der Waals surface area (Å²) in [6.45, 7) is 0.225. The van der Waals surface area contributed by atoms with Gasteiger partial charge < -0.3 is 19.7 Å². The predicted octanol–water partition coefficient (Wildman–Crippen LogP) is 4.42. The number of halogens is 2. The van der Waals surface area contributed by atoms with Crippen LogP contribution in [-0.2, 0) is 20.9 Å². The Bertz CT molecular complexity index is 1060. The van der Waals surface area contributed by atoms with Gasteiger partial charge in [0, 0.05) is 6.54 Å². The number of rotatable bonds is 6. The molecule has 2 aromatic rings. The van der Waals surface area contributed by atoms with Crippen LogP contribution in [0.5, 0.6) is 5.75 Å². The molecule has 1 saturated heterocycles. The molecule has 0 radical (unpaired) electrons. The van der Waals surface area contributed by atoms with Gasteiger partial charge >= 0.3 is 0 Å². The molecule has 1 N–H and O–H groups in total. The van der Waals surface area contributed by atoms with Crippen molar-refractivity contribution in [3.63, 3.8) is 0 Å². The third-order valence-electron chi connectivity index (χ3n) is 6.01. The maximum Gasteiger partial charge on any atom is 0.289 e. The molecule has 2 unspecified atom stereocenters. The lowest BCUT2D eigenvalue weighted by atomic mass is 9.89. The van der Waals surface area contributed by atoms with Crippen LogP contribution in [0.25, 0.3) is 6.08 Å². The molecule has 1 heterocycles. The molecule has 2 amide bonds. The minimum atomic E-state index is -0.324. The van der Waals surface area contributed by atoms with E-state index in [0.717, 1.165) is 41.3 Å². The van der Waals surface area contributed by atoms with E-state index in [9.17, 15) is 14.0 Å². The fraction of sp³-hybridized carbons (Fsp3) is 0.360. The van der Waals surface area contributed by atoms with Gasteiger partial charge in [-0.2, -0.15) is 0 Å². The molecule has 8 heteroatoms. The lowest BCUT2D eigenvalue weighted by molar-refractivity contribution is -0.151. The highest BCUT2D eigenvalue weighted by Crippen LogP contribution is 2.34. The second-order valence-electron chi connectivity index (χ2n) is 8.25. The van der Waals surface area contributed by atoms with Crippen molar-refractivity contribution in [3.8, 4) is 5.75 Å². The van der Waals surface area contributed by atoms with E-state index in [1.165, 1.54) is 12.1 Å². The number of ether oxygens (including phenoxy) is 2. The summed E-state index contributed by atoms with van der Waals surface area (Å²) < 4.78 is 25.2. The molecule has 0 spiro atoms. The van der Waals surface area contributed by atoms with Crippen LogP contribution in [-0.4, -0.2) is 42.5 Å². The molecule has 1 aliphatic carbocycles. The molecular weight excluding hydrogens is 491 g/mol. The molecule has 0 aromatic heterocycles. The quantitative estimate of drug-likeness (QED) is 0.577. The molecule has 33 heavy (non-hydrogen) atoms. The van der Waals surface area contributed by atoms with E-state index in [2.05, 4.69) is 21.2 Å². The average molecular weight is 517 g/mol. The van der Waals surface area contributed by atoms with E-state index in [0.29, 0.717) is 5.75 Å². The normalized spacial score (nSPS) is 21.4. The first-order valence-corrected chi connectivity index (χ1v) is 11.8. The largest absolute Gasteiger partial charge is 0.496 e. The van der Waals surface area contributed by atoms with Crippen molar-refractivity contribution in [3.05, 3.63) is 69.6 Å². The smallest absolute Gasteiger partial charge is 0.289 e. The van der Waals surface area contributed by atoms with Crippen LogP contribution in [0, 0.1) is 5.82 Å². The molecule has 2 aliphatic rings. The standard InChI is InChI=1S/C25H26BrFN2O4/c1-32-21-11-8-17(12-19(21)26)13-23-25(31)29(20-4-2-3-5-22(20)33-23)15-24(30)28-14-16-6-9-18(27)10-7-16/h6-13,20,22H,2-5,14-15H2,1H3,(H,28,30)/b23-13-. The number of carbonyl (C=O) groups is 2. The summed E-state index contributed by atoms with van der Waals surface area (Å²) in [7, 11) is 1.59. The number of morpholine rings is 1. The Morgan fingerprint density at radius 1 is 1.24 bits per heavy atom. The third kappa shape index (κ3) is 5.55. The molecule has 1 saturated carbocycles. The van der Waals surface area contributed by atoms with Gasteiger partial charge in [0.15, 0.2) is 5.76 Å². The number of fused-ring (bicyclic) bond motifs is 1. The van der Waals surface area contributed by atoms with Crippen molar-refractivity contribution in [1.82, 2.24) is 10.2 Å². The van der Waals surface area contributed by atoms with Gasteiger partial charge in [-0.15, -0.1) is 0 Å². The Morgan fingerprint density at radius 3 is 2.73 bits per heavy atom. The van der Waals surface area contributed by atoms with Crippen molar-refractivity contribution < 1.29 is 23.5 Å². The first kappa shape index (κ1) is 23.3. The van der Waals surface area contributed by atoms with Crippen molar-refractivity contribution in [2.24, 2.45) is 0 Å². The van der Waals surface area contributed by atoms with Crippen molar-refractivity contribution in [2.45, 2.75) is 44.4 Å². The Labute approximate surface area is 200 Å². The van der Waals surface area contributed by atoms with Crippen LogP contribution in [0.1, 0.15) is 36.8 Å². The summed E-state index contributed by atoms with van der Waals surface area (Å²) >= 11 is 3.46. The molecule has 2 atom stereocenters. The maximum atomic E-state index is 13.3. The first-order chi connectivity index (χ1) is 15.9. The Kier molecular flexibility index (Phi) is 7.33. The minimum absolute atomic E-state index is 0.0474. The zero-order valence-electron chi connectivity index (χ0n) is 18.4. The van der Waals surface area contributed by atoms with Crippen LogP contribution in [0.2, 0.25) is 0 Å². The van der Waals surface area contributed by atoms with Gasteiger partial charge in [-0.3, -0.25) is 9.59 Å². The topological polar surface area (TPSA) is 67.9 Å². The fourth-order valence-corrected chi connectivity index (χ4v) is 4.86. The summed E-state index contributed by atoms with van der Waals surface area (Å²) in [6.07, 6.45) is 5.26.